The van der Waals surface area contributed by atoms with E-state index < -0.39 is 5.95 Å². The van der Waals surface area contributed by atoms with Gasteiger partial charge in [0, 0.05) is 23.4 Å². The van der Waals surface area contributed by atoms with Crippen molar-refractivity contribution in [1.82, 2.24) is 10.5 Å². The van der Waals surface area contributed by atoms with Crippen LogP contribution >= 0.6 is 0 Å². The zero-order chi connectivity index (χ0) is 12.4. The van der Waals surface area contributed by atoms with Crippen LogP contribution in [0.2, 0.25) is 0 Å². The van der Waals surface area contributed by atoms with E-state index in [2.05, 4.69) is 20.7 Å². The normalized spacial score (nSPS) is 13.8. The summed E-state index contributed by atoms with van der Waals surface area (Å²) in [5.41, 5.74) is 6.37. The van der Waals surface area contributed by atoms with Crippen LogP contribution < -0.4 is 5.53 Å². The molecule has 2 heterocycles. The Hall–Kier alpha value is -2.56. The Balaban J connectivity index is 2.02. The van der Waals surface area contributed by atoms with Crippen LogP contribution in [0.3, 0.4) is 0 Å². The first-order valence-corrected chi connectivity index (χ1v) is 5.38. The van der Waals surface area contributed by atoms with Crippen molar-refractivity contribution in [2.24, 2.45) is 10.2 Å². The maximum atomic E-state index is 13.1. The van der Waals surface area contributed by atoms with Gasteiger partial charge in [-0.05, 0) is 11.6 Å². The van der Waals surface area contributed by atoms with Gasteiger partial charge in [-0.3, -0.25) is 0 Å². The van der Waals surface area contributed by atoms with Crippen molar-refractivity contribution in [3.63, 3.8) is 0 Å². The summed E-state index contributed by atoms with van der Waals surface area (Å²) in [6, 6.07) is 12.5. The van der Waals surface area contributed by atoms with Gasteiger partial charge in [0.1, 0.15) is 11.4 Å². The molecule has 0 atom stereocenters. The van der Waals surface area contributed by atoms with Gasteiger partial charge in [-0.15, -0.1) is 10.2 Å². The lowest BCUT2D eigenvalue weighted by Gasteiger charge is -2.03. The topological polar surface area (TPSA) is 51.7 Å². The molecule has 1 aliphatic heterocycles. The molecule has 18 heavy (non-hydrogen) atoms. The van der Waals surface area contributed by atoms with Gasteiger partial charge < -0.3 is 0 Å². The second-order valence-corrected chi connectivity index (χ2v) is 3.72. The summed E-state index contributed by atoms with van der Waals surface area (Å²) in [6.45, 7) is 0. The van der Waals surface area contributed by atoms with Crippen molar-refractivity contribution < 1.29 is 4.39 Å². The predicted octanol–water partition coefficient (Wildman–Crippen LogP) is 1.95. The van der Waals surface area contributed by atoms with Gasteiger partial charge >= 0.3 is 0 Å². The molecule has 4 nitrogen and oxygen atoms in total. The standard InChI is InChI=1S/C13H8FN4/c14-11-8-10(6-7-15-11)13-12(16-18-17-13)9-4-2-1-3-5-9/h1-8H. The molecule has 0 fully saturated rings. The highest BCUT2D eigenvalue weighted by Gasteiger charge is 2.19. The van der Waals surface area contributed by atoms with Gasteiger partial charge in [-0.25, -0.2) is 4.98 Å². The minimum absolute atomic E-state index is 0.547. The third-order valence-corrected chi connectivity index (χ3v) is 2.56. The van der Waals surface area contributed by atoms with Crippen molar-refractivity contribution in [2.45, 2.75) is 0 Å². The molecule has 3 rings (SSSR count). The molecule has 0 saturated carbocycles. The SMILES string of the molecule is Fc1cc(C2=N[N]N=C2c2ccccc2)ccn1. The molecule has 0 aliphatic carbocycles. The average Bonchev–Trinajstić information content (AvgIpc) is 2.89. The van der Waals surface area contributed by atoms with E-state index in [9.17, 15) is 4.39 Å². The van der Waals surface area contributed by atoms with Crippen LogP contribution in [0.15, 0.2) is 58.9 Å². The van der Waals surface area contributed by atoms with Crippen LogP contribution in [0.1, 0.15) is 11.1 Å². The summed E-state index contributed by atoms with van der Waals surface area (Å²) in [5, 5.41) is 7.94. The minimum Gasteiger partial charge on any atom is -0.228 e. The van der Waals surface area contributed by atoms with Crippen LogP contribution in [0.4, 0.5) is 4.39 Å². The van der Waals surface area contributed by atoms with E-state index in [0.29, 0.717) is 17.0 Å². The molecule has 1 aromatic carbocycles. The van der Waals surface area contributed by atoms with Crippen LogP contribution in [0.25, 0.3) is 0 Å². The monoisotopic (exact) mass is 239 g/mol. The Morgan fingerprint density at radius 1 is 0.833 bits per heavy atom. The van der Waals surface area contributed by atoms with Crippen molar-refractivity contribution >= 4 is 11.4 Å². The summed E-state index contributed by atoms with van der Waals surface area (Å²) in [4.78, 5) is 3.52. The Morgan fingerprint density at radius 3 is 2.28 bits per heavy atom. The van der Waals surface area contributed by atoms with Gasteiger partial charge in [0.2, 0.25) is 5.95 Å². The molecule has 1 radical (unpaired) electrons. The van der Waals surface area contributed by atoms with E-state index in [1.807, 2.05) is 30.3 Å². The quantitative estimate of drug-likeness (QED) is 0.739. The van der Waals surface area contributed by atoms with E-state index in [4.69, 9.17) is 0 Å². The van der Waals surface area contributed by atoms with Crippen molar-refractivity contribution in [3.05, 3.63) is 65.7 Å². The highest BCUT2D eigenvalue weighted by atomic mass is 19.1. The number of pyridine rings is 1. The molecule has 0 unspecified atom stereocenters. The van der Waals surface area contributed by atoms with Gasteiger partial charge in [0.15, 0.2) is 0 Å². The fourth-order valence-electron chi connectivity index (χ4n) is 1.74. The summed E-state index contributed by atoms with van der Waals surface area (Å²) in [6.07, 6.45) is 1.40. The molecule has 87 valence electrons. The van der Waals surface area contributed by atoms with Crippen molar-refractivity contribution in [3.8, 4) is 0 Å². The summed E-state index contributed by atoms with van der Waals surface area (Å²) in [5.74, 6) is -0.547. The zero-order valence-corrected chi connectivity index (χ0v) is 9.29. The van der Waals surface area contributed by atoms with Crippen molar-refractivity contribution in [1.29, 1.82) is 0 Å². The number of rotatable bonds is 2. The lowest BCUT2D eigenvalue weighted by Crippen LogP contribution is -2.14. The zero-order valence-electron chi connectivity index (χ0n) is 9.29. The van der Waals surface area contributed by atoms with E-state index in [-0.39, 0.29) is 0 Å². The van der Waals surface area contributed by atoms with Crippen LogP contribution in [0, 0.1) is 5.95 Å². The number of halogens is 1. The van der Waals surface area contributed by atoms with E-state index >= 15 is 0 Å². The molecule has 5 heteroatoms. The maximum Gasteiger partial charge on any atom is 0.213 e. The maximum absolute atomic E-state index is 13.1. The number of nitrogens with zero attached hydrogens (tertiary/aromatic N) is 4. The fraction of sp³-hybridized carbons (Fsp3) is 0. The Morgan fingerprint density at radius 2 is 1.56 bits per heavy atom. The predicted molar refractivity (Wildman–Crippen MR) is 65.8 cm³/mol. The van der Waals surface area contributed by atoms with Crippen LogP contribution in [-0.2, 0) is 0 Å². The largest absolute Gasteiger partial charge is 0.228 e. The first-order valence-electron chi connectivity index (χ1n) is 5.38. The number of hydrogen-bond donors (Lipinski definition) is 0. The van der Waals surface area contributed by atoms with Crippen molar-refractivity contribution in [2.75, 3.05) is 0 Å². The smallest absolute Gasteiger partial charge is 0.213 e. The van der Waals surface area contributed by atoms with E-state index in [0.717, 1.165) is 5.56 Å². The highest BCUT2D eigenvalue weighted by molar-refractivity contribution is 6.54. The van der Waals surface area contributed by atoms with Gasteiger partial charge in [0.25, 0.3) is 0 Å². The number of benzene rings is 1. The third-order valence-electron chi connectivity index (χ3n) is 2.56. The number of hydrogen-bond acceptors (Lipinski definition) is 3. The van der Waals surface area contributed by atoms with E-state index in [1.54, 1.807) is 6.07 Å². The third kappa shape index (κ3) is 1.86. The molecular formula is C13H8FN4. The first-order chi connectivity index (χ1) is 8.84. The molecular weight excluding hydrogens is 231 g/mol. The molecule has 2 aromatic rings. The second-order valence-electron chi connectivity index (χ2n) is 3.72. The highest BCUT2D eigenvalue weighted by Crippen LogP contribution is 2.13. The molecule has 1 aromatic heterocycles. The summed E-state index contributed by atoms with van der Waals surface area (Å²) < 4.78 is 13.1. The molecule has 0 spiro atoms. The fourth-order valence-corrected chi connectivity index (χ4v) is 1.74. The van der Waals surface area contributed by atoms with Gasteiger partial charge in [0.05, 0.1) is 0 Å². The first kappa shape index (κ1) is 10.6. The molecule has 1 aliphatic rings. The lowest BCUT2D eigenvalue weighted by atomic mass is 10.0. The Bertz CT molecular complexity index is 634. The van der Waals surface area contributed by atoms with Crippen LogP contribution in [-0.4, -0.2) is 16.4 Å². The van der Waals surface area contributed by atoms with Crippen LogP contribution in [0.5, 0.6) is 0 Å². The van der Waals surface area contributed by atoms with Gasteiger partial charge in [-0.1, -0.05) is 30.3 Å². The van der Waals surface area contributed by atoms with Gasteiger partial charge in [-0.2, -0.15) is 4.39 Å². The summed E-state index contributed by atoms with van der Waals surface area (Å²) >= 11 is 0. The Labute approximate surface area is 103 Å². The Kier molecular flexibility index (Phi) is 2.57. The lowest BCUT2D eigenvalue weighted by molar-refractivity contribution is 0.583. The molecule has 0 amide bonds. The molecule has 0 N–H and O–H groups in total. The van der Waals surface area contributed by atoms with E-state index in [1.165, 1.54) is 12.3 Å². The molecule has 0 saturated heterocycles. The molecule has 0 bridgehead atoms. The summed E-state index contributed by atoms with van der Waals surface area (Å²) in [7, 11) is 0. The minimum atomic E-state index is -0.547. The number of aromatic nitrogens is 1. The average molecular weight is 239 g/mol. The second kappa shape index (κ2) is 4.37.